The monoisotopic (exact) mass is 298 g/mol. The third kappa shape index (κ3) is 2.34. The van der Waals surface area contributed by atoms with Crippen LogP contribution in [0, 0.1) is 17.3 Å². The summed E-state index contributed by atoms with van der Waals surface area (Å²) in [5.74, 6) is -1.52. The number of aliphatic carboxylic acids is 1. The Morgan fingerprint density at radius 3 is 2.43 bits per heavy atom. The lowest BCUT2D eigenvalue weighted by Gasteiger charge is -2.58. The summed E-state index contributed by atoms with van der Waals surface area (Å²) < 4.78 is 5.64. The van der Waals surface area contributed by atoms with Crippen molar-refractivity contribution in [2.75, 3.05) is 19.7 Å². The van der Waals surface area contributed by atoms with Crippen LogP contribution >= 0.6 is 0 Å². The van der Waals surface area contributed by atoms with Gasteiger partial charge in [-0.2, -0.15) is 0 Å². The SMILES string of the molecule is CCOC1CC(N)(C(=O)N2CC(C)C(C(=O)O)C2)C1(C)C. The van der Waals surface area contributed by atoms with Crippen LogP contribution in [0.25, 0.3) is 0 Å². The normalized spacial score (nSPS) is 38.1. The van der Waals surface area contributed by atoms with E-state index in [-0.39, 0.29) is 24.5 Å². The number of carbonyl (C=O) groups excluding carboxylic acids is 1. The van der Waals surface area contributed by atoms with Gasteiger partial charge < -0.3 is 20.5 Å². The first-order chi connectivity index (χ1) is 9.65. The Kier molecular flexibility index (Phi) is 4.06. The van der Waals surface area contributed by atoms with Gasteiger partial charge in [0.25, 0.3) is 0 Å². The molecule has 21 heavy (non-hydrogen) atoms. The van der Waals surface area contributed by atoms with E-state index in [4.69, 9.17) is 10.5 Å². The molecule has 0 bridgehead atoms. The van der Waals surface area contributed by atoms with Crippen molar-refractivity contribution in [2.45, 2.75) is 45.8 Å². The number of ether oxygens (including phenoxy) is 1. The zero-order chi connectivity index (χ0) is 16.0. The molecule has 120 valence electrons. The second-order valence-electron chi connectivity index (χ2n) is 6.97. The maximum atomic E-state index is 12.8. The highest BCUT2D eigenvalue weighted by Gasteiger charge is 2.64. The first kappa shape index (κ1) is 16.2. The predicted octanol–water partition coefficient (Wildman–Crippen LogP) is 0.698. The van der Waals surface area contributed by atoms with Gasteiger partial charge >= 0.3 is 5.97 Å². The Balaban J connectivity index is 2.10. The van der Waals surface area contributed by atoms with E-state index in [1.165, 1.54) is 0 Å². The minimum atomic E-state index is -0.958. The van der Waals surface area contributed by atoms with Crippen LogP contribution in [-0.2, 0) is 14.3 Å². The van der Waals surface area contributed by atoms with E-state index in [9.17, 15) is 14.7 Å². The largest absolute Gasteiger partial charge is 0.481 e. The molecule has 1 amide bonds. The lowest BCUT2D eigenvalue weighted by atomic mass is 9.54. The number of likely N-dealkylation sites (tertiary alicyclic amines) is 1. The van der Waals surface area contributed by atoms with Crippen molar-refractivity contribution < 1.29 is 19.4 Å². The van der Waals surface area contributed by atoms with Gasteiger partial charge in [0.2, 0.25) is 5.91 Å². The Morgan fingerprint density at radius 2 is 2.00 bits per heavy atom. The molecular weight excluding hydrogens is 272 g/mol. The highest BCUT2D eigenvalue weighted by atomic mass is 16.5. The van der Waals surface area contributed by atoms with Crippen molar-refractivity contribution in [3.63, 3.8) is 0 Å². The van der Waals surface area contributed by atoms with Gasteiger partial charge in [-0.15, -0.1) is 0 Å². The van der Waals surface area contributed by atoms with Gasteiger partial charge in [0.05, 0.1) is 12.0 Å². The van der Waals surface area contributed by atoms with E-state index in [0.29, 0.717) is 19.6 Å². The molecule has 2 aliphatic rings. The number of hydrogen-bond donors (Lipinski definition) is 2. The smallest absolute Gasteiger partial charge is 0.308 e. The predicted molar refractivity (Wildman–Crippen MR) is 77.6 cm³/mol. The average Bonchev–Trinajstić information content (AvgIpc) is 2.79. The third-order valence-electron chi connectivity index (χ3n) is 5.43. The van der Waals surface area contributed by atoms with Gasteiger partial charge in [-0.25, -0.2) is 0 Å². The number of amides is 1. The van der Waals surface area contributed by atoms with E-state index >= 15 is 0 Å². The van der Waals surface area contributed by atoms with Crippen LogP contribution in [0.1, 0.15) is 34.1 Å². The van der Waals surface area contributed by atoms with Gasteiger partial charge in [0, 0.05) is 31.5 Å². The zero-order valence-electron chi connectivity index (χ0n) is 13.3. The molecular formula is C15H26N2O4. The van der Waals surface area contributed by atoms with Crippen LogP contribution in [0.15, 0.2) is 0 Å². The first-order valence-corrected chi connectivity index (χ1v) is 7.57. The van der Waals surface area contributed by atoms with Crippen molar-refractivity contribution >= 4 is 11.9 Å². The van der Waals surface area contributed by atoms with Crippen LogP contribution in [0.4, 0.5) is 0 Å². The molecule has 4 unspecified atom stereocenters. The Bertz CT molecular complexity index is 451. The maximum absolute atomic E-state index is 12.8. The molecule has 0 aromatic heterocycles. The van der Waals surface area contributed by atoms with Gasteiger partial charge in [0.15, 0.2) is 0 Å². The van der Waals surface area contributed by atoms with Crippen molar-refractivity contribution in [3.8, 4) is 0 Å². The molecule has 1 saturated heterocycles. The molecule has 2 fully saturated rings. The highest BCUT2D eigenvalue weighted by molar-refractivity contribution is 5.89. The molecule has 1 aliphatic carbocycles. The zero-order valence-corrected chi connectivity index (χ0v) is 13.3. The Morgan fingerprint density at radius 1 is 1.38 bits per heavy atom. The number of nitrogens with two attached hydrogens (primary N) is 1. The molecule has 1 saturated carbocycles. The first-order valence-electron chi connectivity index (χ1n) is 7.57. The van der Waals surface area contributed by atoms with Crippen LogP contribution in [-0.4, -0.2) is 53.2 Å². The molecule has 0 aromatic rings. The number of nitrogens with zero attached hydrogens (tertiary/aromatic N) is 1. The summed E-state index contributed by atoms with van der Waals surface area (Å²) in [6.45, 7) is 9.00. The molecule has 1 aliphatic heterocycles. The Labute approximate surface area is 125 Å². The van der Waals surface area contributed by atoms with Crippen LogP contribution in [0.3, 0.4) is 0 Å². The second kappa shape index (κ2) is 5.25. The second-order valence-corrected chi connectivity index (χ2v) is 6.97. The van der Waals surface area contributed by atoms with E-state index in [2.05, 4.69) is 0 Å². The summed E-state index contributed by atoms with van der Waals surface area (Å²) >= 11 is 0. The molecule has 6 heteroatoms. The van der Waals surface area contributed by atoms with Gasteiger partial charge in [-0.1, -0.05) is 20.8 Å². The fourth-order valence-corrected chi connectivity index (χ4v) is 3.53. The maximum Gasteiger partial charge on any atom is 0.308 e. The highest BCUT2D eigenvalue weighted by Crippen LogP contribution is 2.51. The molecule has 0 radical (unpaired) electrons. The molecule has 3 N–H and O–H groups in total. The lowest BCUT2D eigenvalue weighted by Crippen LogP contribution is -2.76. The fraction of sp³-hybridized carbons (Fsp3) is 0.867. The molecule has 1 heterocycles. The fourth-order valence-electron chi connectivity index (χ4n) is 3.53. The van der Waals surface area contributed by atoms with E-state index in [1.807, 2.05) is 27.7 Å². The molecule has 0 aromatic carbocycles. The summed E-state index contributed by atoms with van der Waals surface area (Å²) in [5, 5.41) is 9.18. The Hall–Kier alpha value is -1.14. The number of carbonyl (C=O) groups is 2. The molecule has 2 rings (SSSR count). The summed E-state index contributed by atoms with van der Waals surface area (Å²) in [5.41, 5.74) is 4.97. The van der Waals surface area contributed by atoms with Crippen LogP contribution < -0.4 is 5.73 Å². The van der Waals surface area contributed by atoms with E-state index in [1.54, 1.807) is 4.90 Å². The minimum absolute atomic E-state index is 0.0215. The van der Waals surface area contributed by atoms with Crippen molar-refractivity contribution in [2.24, 2.45) is 23.0 Å². The van der Waals surface area contributed by atoms with Crippen molar-refractivity contribution in [1.29, 1.82) is 0 Å². The van der Waals surface area contributed by atoms with Crippen LogP contribution in [0.5, 0.6) is 0 Å². The summed E-state index contributed by atoms with van der Waals surface area (Å²) in [4.78, 5) is 25.6. The number of rotatable bonds is 4. The quantitative estimate of drug-likeness (QED) is 0.797. The third-order valence-corrected chi connectivity index (χ3v) is 5.43. The summed E-state index contributed by atoms with van der Waals surface area (Å²) in [6.07, 6.45) is 0.474. The number of hydrogen-bond acceptors (Lipinski definition) is 4. The van der Waals surface area contributed by atoms with Gasteiger partial charge in [-0.3, -0.25) is 9.59 Å². The number of carboxylic acid groups (broad SMARTS) is 1. The van der Waals surface area contributed by atoms with Crippen molar-refractivity contribution in [1.82, 2.24) is 4.90 Å². The van der Waals surface area contributed by atoms with Crippen molar-refractivity contribution in [3.05, 3.63) is 0 Å². The molecule has 0 spiro atoms. The van der Waals surface area contributed by atoms with E-state index in [0.717, 1.165) is 0 Å². The van der Waals surface area contributed by atoms with E-state index < -0.39 is 22.8 Å². The molecule has 4 atom stereocenters. The molecule has 6 nitrogen and oxygen atoms in total. The van der Waals surface area contributed by atoms with Gasteiger partial charge in [0.1, 0.15) is 5.54 Å². The standard InChI is InChI=1S/C15H26N2O4/c1-5-21-11-6-15(16,14(11,3)4)13(20)17-7-9(2)10(8-17)12(18)19/h9-11H,5-8,16H2,1-4H3,(H,18,19). The van der Waals surface area contributed by atoms with Gasteiger partial charge in [-0.05, 0) is 12.8 Å². The number of carboxylic acids is 1. The average molecular weight is 298 g/mol. The topological polar surface area (TPSA) is 92.9 Å². The summed E-state index contributed by atoms with van der Waals surface area (Å²) in [6, 6.07) is 0. The lowest BCUT2D eigenvalue weighted by molar-refractivity contribution is -0.178. The van der Waals surface area contributed by atoms with Crippen LogP contribution in [0.2, 0.25) is 0 Å². The minimum Gasteiger partial charge on any atom is -0.481 e. The summed E-state index contributed by atoms with van der Waals surface area (Å²) in [7, 11) is 0.